The molecule has 0 atom stereocenters. The van der Waals surface area contributed by atoms with Gasteiger partial charge in [-0.25, -0.2) is 4.79 Å². The molecule has 0 radical (unpaired) electrons. The first-order valence-electron chi connectivity index (χ1n) is 7.78. The molecule has 1 aliphatic heterocycles. The maximum atomic E-state index is 11.7. The maximum absolute atomic E-state index is 11.7. The normalized spacial score (nSPS) is 14.2. The molecule has 1 fully saturated rings. The Balaban J connectivity index is 1.85. The van der Waals surface area contributed by atoms with E-state index in [9.17, 15) is 9.59 Å². The summed E-state index contributed by atoms with van der Waals surface area (Å²) in [7, 11) is 0. The number of para-hydroxylation sites is 1. The number of esters is 1. The van der Waals surface area contributed by atoms with Crippen LogP contribution in [0.3, 0.4) is 0 Å². The number of ether oxygens (including phenoxy) is 2. The monoisotopic (exact) mass is 321 g/mol. The van der Waals surface area contributed by atoms with Crippen LogP contribution in [0.15, 0.2) is 24.3 Å². The number of carbonyl (C=O) groups excluding carboxylic acids is 2. The van der Waals surface area contributed by atoms with E-state index in [1.165, 1.54) is 0 Å². The number of amides is 2. The first kappa shape index (κ1) is 17.1. The van der Waals surface area contributed by atoms with Crippen molar-refractivity contribution in [3.63, 3.8) is 0 Å². The Hall–Kier alpha value is -2.28. The summed E-state index contributed by atoms with van der Waals surface area (Å²) in [5.41, 5.74) is 2.13. The first-order chi connectivity index (χ1) is 11.2. The van der Waals surface area contributed by atoms with Crippen molar-refractivity contribution in [1.82, 2.24) is 10.6 Å². The number of urea groups is 1. The van der Waals surface area contributed by atoms with Gasteiger partial charge in [-0.05, 0) is 18.6 Å². The molecule has 0 bridgehead atoms. The number of anilines is 1. The van der Waals surface area contributed by atoms with Crippen molar-refractivity contribution in [2.45, 2.75) is 13.5 Å². The topological polar surface area (TPSA) is 79.9 Å². The summed E-state index contributed by atoms with van der Waals surface area (Å²) >= 11 is 0. The van der Waals surface area contributed by atoms with Crippen LogP contribution in [0.1, 0.15) is 12.5 Å². The number of rotatable bonds is 6. The Morgan fingerprint density at radius 1 is 1.22 bits per heavy atom. The molecule has 0 unspecified atom stereocenters. The molecule has 1 heterocycles. The van der Waals surface area contributed by atoms with Crippen molar-refractivity contribution >= 4 is 17.7 Å². The van der Waals surface area contributed by atoms with Gasteiger partial charge in [0.1, 0.15) is 6.54 Å². The number of nitrogens with one attached hydrogen (secondary N) is 2. The summed E-state index contributed by atoms with van der Waals surface area (Å²) in [6.07, 6.45) is 0. The summed E-state index contributed by atoms with van der Waals surface area (Å²) in [5.74, 6) is -0.448. The molecule has 2 N–H and O–H groups in total. The zero-order chi connectivity index (χ0) is 16.5. The summed E-state index contributed by atoms with van der Waals surface area (Å²) in [6, 6.07) is 7.55. The van der Waals surface area contributed by atoms with Crippen molar-refractivity contribution in [2.75, 3.05) is 44.4 Å². The van der Waals surface area contributed by atoms with E-state index >= 15 is 0 Å². The molecule has 0 aromatic heterocycles. The fourth-order valence-corrected chi connectivity index (χ4v) is 2.38. The Bertz CT molecular complexity index is 530. The lowest BCUT2D eigenvalue weighted by Gasteiger charge is -2.30. The highest BCUT2D eigenvalue weighted by Crippen LogP contribution is 2.21. The standard InChI is InChI=1S/C16H23N3O4/c1-2-23-15(20)12-18-16(21)17-11-13-5-3-4-6-14(13)19-7-9-22-10-8-19/h3-6H,2,7-12H2,1H3,(H2,17,18,21). The molecule has 0 spiro atoms. The van der Waals surface area contributed by atoms with E-state index in [1.54, 1.807) is 6.92 Å². The Labute approximate surface area is 135 Å². The molecule has 7 heteroatoms. The average Bonchev–Trinajstić information content (AvgIpc) is 2.59. The Morgan fingerprint density at radius 3 is 2.70 bits per heavy atom. The molecule has 7 nitrogen and oxygen atoms in total. The summed E-state index contributed by atoms with van der Waals surface area (Å²) < 4.78 is 10.1. The predicted octanol–water partition coefficient (Wildman–Crippen LogP) is 0.885. The summed E-state index contributed by atoms with van der Waals surface area (Å²) in [4.78, 5) is 25.2. The van der Waals surface area contributed by atoms with Crippen molar-refractivity contribution in [3.05, 3.63) is 29.8 Å². The molecule has 23 heavy (non-hydrogen) atoms. The lowest BCUT2D eigenvalue weighted by atomic mass is 10.1. The second-order valence-corrected chi connectivity index (χ2v) is 5.07. The van der Waals surface area contributed by atoms with E-state index in [-0.39, 0.29) is 6.54 Å². The number of morpholine rings is 1. The van der Waals surface area contributed by atoms with Gasteiger partial charge >= 0.3 is 12.0 Å². The maximum Gasteiger partial charge on any atom is 0.325 e. The van der Waals surface area contributed by atoms with E-state index in [2.05, 4.69) is 15.5 Å². The number of carbonyl (C=O) groups is 2. The summed E-state index contributed by atoms with van der Waals surface area (Å²) in [6.45, 7) is 5.38. The molecule has 2 rings (SSSR count). The van der Waals surface area contributed by atoms with Crippen LogP contribution < -0.4 is 15.5 Å². The molecule has 1 aromatic rings. The quantitative estimate of drug-likeness (QED) is 0.761. The zero-order valence-electron chi connectivity index (χ0n) is 13.3. The van der Waals surface area contributed by atoms with Crippen LogP contribution in [0.2, 0.25) is 0 Å². The third-order valence-electron chi connectivity index (χ3n) is 3.48. The van der Waals surface area contributed by atoms with Gasteiger partial charge in [-0.1, -0.05) is 18.2 Å². The lowest BCUT2D eigenvalue weighted by molar-refractivity contribution is -0.141. The zero-order valence-corrected chi connectivity index (χ0v) is 13.3. The molecule has 1 saturated heterocycles. The molecule has 1 aliphatic rings. The Kier molecular flexibility index (Phi) is 6.68. The minimum Gasteiger partial charge on any atom is -0.465 e. The van der Waals surface area contributed by atoms with Crippen LogP contribution in [0.25, 0.3) is 0 Å². The number of hydrogen-bond acceptors (Lipinski definition) is 5. The van der Waals surface area contributed by atoms with Gasteiger partial charge < -0.3 is 25.0 Å². The van der Waals surface area contributed by atoms with Crippen LogP contribution >= 0.6 is 0 Å². The van der Waals surface area contributed by atoms with Crippen LogP contribution in [-0.2, 0) is 20.8 Å². The van der Waals surface area contributed by atoms with E-state index in [1.807, 2.05) is 24.3 Å². The highest BCUT2D eigenvalue weighted by atomic mass is 16.5. The largest absolute Gasteiger partial charge is 0.465 e. The third-order valence-corrected chi connectivity index (χ3v) is 3.48. The van der Waals surface area contributed by atoms with Crippen molar-refractivity contribution < 1.29 is 19.1 Å². The van der Waals surface area contributed by atoms with Crippen LogP contribution in [-0.4, -0.2) is 51.5 Å². The SMILES string of the molecule is CCOC(=O)CNC(=O)NCc1ccccc1N1CCOCC1. The predicted molar refractivity (Wildman–Crippen MR) is 86.3 cm³/mol. The Morgan fingerprint density at radius 2 is 1.96 bits per heavy atom. The van der Waals surface area contributed by atoms with Gasteiger partial charge in [0.15, 0.2) is 0 Å². The molecular weight excluding hydrogens is 298 g/mol. The van der Waals surface area contributed by atoms with E-state index in [0.29, 0.717) is 26.4 Å². The third kappa shape index (κ3) is 5.45. The van der Waals surface area contributed by atoms with Crippen LogP contribution in [0, 0.1) is 0 Å². The fourth-order valence-electron chi connectivity index (χ4n) is 2.38. The molecule has 0 saturated carbocycles. The highest BCUT2D eigenvalue weighted by Gasteiger charge is 2.14. The summed E-state index contributed by atoms with van der Waals surface area (Å²) in [5, 5.41) is 5.24. The van der Waals surface area contributed by atoms with E-state index < -0.39 is 12.0 Å². The lowest BCUT2D eigenvalue weighted by Crippen LogP contribution is -2.40. The van der Waals surface area contributed by atoms with Gasteiger partial charge in [-0.3, -0.25) is 4.79 Å². The van der Waals surface area contributed by atoms with Gasteiger partial charge in [0.05, 0.1) is 19.8 Å². The van der Waals surface area contributed by atoms with Gasteiger partial charge in [0, 0.05) is 25.3 Å². The minimum absolute atomic E-state index is 0.134. The van der Waals surface area contributed by atoms with Gasteiger partial charge in [-0.2, -0.15) is 0 Å². The minimum atomic E-state index is -0.448. The van der Waals surface area contributed by atoms with E-state index in [4.69, 9.17) is 9.47 Å². The van der Waals surface area contributed by atoms with Crippen molar-refractivity contribution in [2.24, 2.45) is 0 Å². The van der Waals surface area contributed by atoms with Gasteiger partial charge in [0.2, 0.25) is 0 Å². The first-order valence-corrected chi connectivity index (χ1v) is 7.78. The molecule has 2 amide bonds. The molecule has 1 aromatic carbocycles. The van der Waals surface area contributed by atoms with Crippen LogP contribution in [0.4, 0.5) is 10.5 Å². The van der Waals surface area contributed by atoms with Crippen molar-refractivity contribution in [1.29, 1.82) is 0 Å². The molecular formula is C16H23N3O4. The number of benzene rings is 1. The highest BCUT2D eigenvalue weighted by molar-refractivity contribution is 5.80. The average molecular weight is 321 g/mol. The molecule has 126 valence electrons. The van der Waals surface area contributed by atoms with Crippen LogP contribution in [0.5, 0.6) is 0 Å². The fraction of sp³-hybridized carbons (Fsp3) is 0.500. The number of nitrogens with zero attached hydrogens (tertiary/aromatic N) is 1. The second kappa shape index (κ2) is 8.99. The van der Waals surface area contributed by atoms with Gasteiger partial charge in [0.25, 0.3) is 0 Å². The van der Waals surface area contributed by atoms with Crippen molar-refractivity contribution in [3.8, 4) is 0 Å². The van der Waals surface area contributed by atoms with Gasteiger partial charge in [-0.15, -0.1) is 0 Å². The van der Waals surface area contributed by atoms with E-state index in [0.717, 1.165) is 24.3 Å². The second-order valence-electron chi connectivity index (χ2n) is 5.07. The number of hydrogen-bond donors (Lipinski definition) is 2. The smallest absolute Gasteiger partial charge is 0.325 e. The molecule has 0 aliphatic carbocycles.